The number of hydrogen-bond donors (Lipinski definition) is 2. The van der Waals surface area contributed by atoms with Crippen molar-refractivity contribution in [2.75, 3.05) is 5.32 Å². The van der Waals surface area contributed by atoms with Gasteiger partial charge in [-0.05, 0) is 28.8 Å². The van der Waals surface area contributed by atoms with Crippen molar-refractivity contribution in [3.63, 3.8) is 0 Å². The van der Waals surface area contributed by atoms with E-state index >= 15 is 0 Å². The first-order valence-electron chi connectivity index (χ1n) is 4.31. The molecule has 12 heavy (non-hydrogen) atoms. The summed E-state index contributed by atoms with van der Waals surface area (Å²) in [4.78, 5) is 7.26. The molecular weight excluding hydrogens is 218 g/mol. The summed E-state index contributed by atoms with van der Waals surface area (Å²) in [5.41, 5.74) is 0. The molecule has 1 aromatic rings. The van der Waals surface area contributed by atoms with Crippen molar-refractivity contribution in [2.45, 2.75) is 31.7 Å². The molecule has 1 aliphatic rings. The summed E-state index contributed by atoms with van der Waals surface area (Å²) in [6, 6.07) is 0.628. The lowest BCUT2D eigenvalue weighted by atomic mass is 10.3. The van der Waals surface area contributed by atoms with Crippen LogP contribution in [-0.2, 0) is 0 Å². The molecular formula is C8H12BrN3. The molecule has 1 heterocycles. The zero-order valence-corrected chi connectivity index (χ0v) is 8.39. The van der Waals surface area contributed by atoms with Crippen LogP contribution < -0.4 is 5.32 Å². The molecule has 1 fully saturated rings. The van der Waals surface area contributed by atoms with Crippen LogP contribution in [0.3, 0.4) is 0 Å². The standard InChI is InChI=1S/C8H12BrN3/c9-7-5-10-8(12-7)11-6-3-1-2-4-6/h5-6H,1-4H2,(H2,10,11,12). The Bertz CT molecular complexity index is 253. The summed E-state index contributed by atoms with van der Waals surface area (Å²) >= 11 is 3.32. The van der Waals surface area contributed by atoms with Crippen LogP contribution in [0.2, 0.25) is 0 Å². The molecule has 66 valence electrons. The number of nitrogens with zero attached hydrogens (tertiary/aromatic N) is 1. The van der Waals surface area contributed by atoms with E-state index in [0.29, 0.717) is 6.04 Å². The Balaban J connectivity index is 1.94. The molecule has 0 atom stereocenters. The van der Waals surface area contributed by atoms with Gasteiger partial charge >= 0.3 is 0 Å². The minimum absolute atomic E-state index is 0.628. The van der Waals surface area contributed by atoms with Gasteiger partial charge in [0.2, 0.25) is 5.95 Å². The number of aromatic amines is 1. The Morgan fingerprint density at radius 1 is 1.50 bits per heavy atom. The number of H-pyrrole nitrogens is 1. The molecule has 0 radical (unpaired) electrons. The Morgan fingerprint density at radius 3 is 2.83 bits per heavy atom. The fraction of sp³-hybridized carbons (Fsp3) is 0.625. The molecule has 1 aliphatic carbocycles. The zero-order valence-electron chi connectivity index (χ0n) is 6.81. The van der Waals surface area contributed by atoms with E-state index in [1.807, 2.05) is 0 Å². The third kappa shape index (κ3) is 1.80. The van der Waals surface area contributed by atoms with Gasteiger partial charge in [-0.25, -0.2) is 4.98 Å². The molecule has 1 aromatic heterocycles. The normalized spacial score (nSPS) is 18.4. The van der Waals surface area contributed by atoms with E-state index < -0.39 is 0 Å². The quantitative estimate of drug-likeness (QED) is 0.819. The van der Waals surface area contributed by atoms with Gasteiger partial charge in [-0.1, -0.05) is 12.8 Å². The van der Waals surface area contributed by atoms with Gasteiger partial charge in [-0.15, -0.1) is 0 Å². The van der Waals surface area contributed by atoms with E-state index in [1.165, 1.54) is 25.7 Å². The molecule has 0 bridgehead atoms. The maximum absolute atomic E-state index is 4.17. The first kappa shape index (κ1) is 8.10. The number of aromatic nitrogens is 2. The van der Waals surface area contributed by atoms with Gasteiger partial charge in [0.15, 0.2) is 0 Å². The molecule has 1 saturated carbocycles. The number of imidazole rings is 1. The molecule has 0 aliphatic heterocycles. The monoisotopic (exact) mass is 229 g/mol. The van der Waals surface area contributed by atoms with E-state index in [1.54, 1.807) is 6.20 Å². The summed E-state index contributed by atoms with van der Waals surface area (Å²) in [7, 11) is 0. The lowest BCUT2D eigenvalue weighted by Gasteiger charge is -2.09. The van der Waals surface area contributed by atoms with E-state index in [9.17, 15) is 0 Å². The fourth-order valence-electron chi connectivity index (χ4n) is 1.64. The lowest BCUT2D eigenvalue weighted by Crippen LogP contribution is -2.15. The van der Waals surface area contributed by atoms with Crippen LogP contribution in [0.15, 0.2) is 10.8 Å². The van der Waals surface area contributed by atoms with Crippen molar-refractivity contribution in [1.29, 1.82) is 0 Å². The van der Waals surface area contributed by atoms with Crippen LogP contribution in [0.5, 0.6) is 0 Å². The third-order valence-electron chi connectivity index (χ3n) is 2.24. The molecule has 2 rings (SSSR count). The van der Waals surface area contributed by atoms with Crippen molar-refractivity contribution in [3.8, 4) is 0 Å². The SMILES string of the molecule is Brc1cnc(NC2CCCC2)[nH]1. The van der Waals surface area contributed by atoms with E-state index in [4.69, 9.17) is 0 Å². The predicted octanol–water partition coefficient (Wildman–Crippen LogP) is 2.53. The molecule has 2 N–H and O–H groups in total. The highest BCUT2D eigenvalue weighted by molar-refractivity contribution is 9.10. The average molecular weight is 230 g/mol. The van der Waals surface area contributed by atoms with Crippen molar-refractivity contribution >= 4 is 21.9 Å². The summed E-state index contributed by atoms with van der Waals surface area (Å²) in [5.74, 6) is 0.883. The number of hydrogen-bond acceptors (Lipinski definition) is 2. The maximum Gasteiger partial charge on any atom is 0.201 e. The molecule has 4 heteroatoms. The smallest absolute Gasteiger partial charge is 0.201 e. The lowest BCUT2D eigenvalue weighted by molar-refractivity contribution is 0.746. The minimum atomic E-state index is 0.628. The van der Waals surface area contributed by atoms with Gasteiger partial charge in [0.25, 0.3) is 0 Å². The van der Waals surface area contributed by atoms with Gasteiger partial charge in [0, 0.05) is 6.04 Å². The van der Waals surface area contributed by atoms with Crippen LogP contribution in [0.4, 0.5) is 5.95 Å². The second-order valence-corrected chi connectivity index (χ2v) is 4.06. The Kier molecular flexibility index (Phi) is 2.35. The molecule has 0 saturated heterocycles. The van der Waals surface area contributed by atoms with Crippen molar-refractivity contribution in [1.82, 2.24) is 9.97 Å². The van der Waals surface area contributed by atoms with Gasteiger partial charge in [-0.2, -0.15) is 0 Å². The second kappa shape index (κ2) is 3.47. The summed E-state index contributed by atoms with van der Waals surface area (Å²) in [5, 5.41) is 3.36. The predicted molar refractivity (Wildman–Crippen MR) is 52.2 cm³/mol. The Morgan fingerprint density at radius 2 is 2.25 bits per heavy atom. The highest BCUT2D eigenvalue weighted by Gasteiger charge is 2.15. The van der Waals surface area contributed by atoms with E-state index in [0.717, 1.165) is 10.6 Å². The first-order valence-corrected chi connectivity index (χ1v) is 5.11. The first-order chi connectivity index (χ1) is 5.84. The highest BCUT2D eigenvalue weighted by Crippen LogP contribution is 2.21. The van der Waals surface area contributed by atoms with Crippen LogP contribution in [-0.4, -0.2) is 16.0 Å². The van der Waals surface area contributed by atoms with Crippen LogP contribution in [0.25, 0.3) is 0 Å². The number of halogens is 1. The Hall–Kier alpha value is -0.510. The average Bonchev–Trinajstić information content (AvgIpc) is 2.63. The molecule has 0 unspecified atom stereocenters. The van der Waals surface area contributed by atoms with Gasteiger partial charge in [0.05, 0.1) is 6.20 Å². The molecule has 0 amide bonds. The van der Waals surface area contributed by atoms with E-state index in [2.05, 4.69) is 31.2 Å². The van der Waals surface area contributed by atoms with Crippen molar-refractivity contribution in [2.24, 2.45) is 0 Å². The van der Waals surface area contributed by atoms with Crippen LogP contribution >= 0.6 is 15.9 Å². The molecule has 0 spiro atoms. The van der Waals surface area contributed by atoms with Crippen molar-refractivity contribution < 1.29 is 0 Å². The Labute approximate surface area is 80.1 Å². The van der Waals surface area contributed by atoms with Crippen LogP contribution in [0.1, 0.15) is 25.7 Å². The van der Waals surface area contributed by atoms with Gasteiger partial charge in [0.1, 0.15) is 4.60 Å². The summed E-state index contributed by atoms with van der Waals surface area (Å²) in [6.07, 6.45) is 7.02. The van der Waals surface area contributed by atoms with Gasteiger partial charge < -0.3 is 10.3 Å². The highest BCUT2D eigenvalue weighted by atomic mass is 79.9. The third-order valence-corrected chi connectivity index (χ3v) is 2.64. The fourth-order valence-corrected chi connectivity index (χ4v) is 1.93. The van der Waals surface area contributed by atoms with E-state index in [-0.39, 0.29) is 0 Å². The summed E-state index contributed by atoms with van der Waals surface area (Å²) < 4.78 is 0.933. The second-order valence-electron chi connectivity index (χ2n) is 3.21. The summed E-state index contributed by atoms with van der Waals surface area (Å²) in [6.45, 7) is 0. The van der Waals surface area contributed by atoms with Crippen LogP contribution in [0, 0.1) is 0 Å². The largest absolute Gasteiger partial charge is 0.353 e. The zero-order chi connectivity index (χ0) is 8.39. The number of anilines is 1. The topological polar surface area (TPSA) is 40.7 Å². The van der Waals surface area contributed by atoms with Gasteiger partial charge in [-0.3, -0.25) is 0 Å². The molecule has 3 nitrogen and oxygen atoms in total. The number of nitrogens with one attached hydrogen (secondary N) is 2. The maximum atomic E-state index is 4.17. The number of rotatable bonds is 2. The molecule has 0 aromatic carbocycles. The minimum Gasteiger partial charge on any atom is -0.353 e. The van der Waals surface area contributed by atoms with Crippen molar-refractivity contribution in [3.05, 3.63) is 10.8 Å².